The lowest BCUT2D eigenvalue weighted by Gasteiger charge is -1.89. The number of aliphatic hydroxyl groups is 1. The molecule has 0 aromatic carbocycles. The molecule has 0 aliphatic rings. The average molecular weight is 177 g/mol. The number of aromatic hydroxyl groups is 1. The molecule has 13 heavy (non-hydrogen) atoms. The minimum absolute atomic E-state index is 0.140. The van der Waals surface area contributed by atoms with E-state index in [4.69, 9.17) is 10.2 Å². The minimum atomic E-state index is 0.140. The first kappa shape index (κ1) is 9.56. The number of unbranched alkanes of at least 4 members (excludes halogenated alkanes) is 1. The number of hydrogen-bond donors (Lipinski definition) is 2. The highest BCUT2D eigenvalue weighted by Crippen LogP contribution is 2.04. The lowest BCUT2D eigenvalue weighted by Crippen LogP contribution is -1.81. The molecular weight excluding hydrogens is 166 g/mol. The SMILES string of the molecule is OCCCC#Cc1ccc(O)cn1. The van der Waals surface area contributed by atoms with Crippen molar-refractivity contribution in [3.8, 4) is 17.6 Å². The summed E-state index contributed by atoms with van der Waals surface area (Å²) in [6.07, 6.45) is 2.71. The average Bonchev–Trinajstić information content (AvgIpc) is 2.15. The maximum absolute atomic E-state index is 8.92. The minimum Gasteiger partial charge on any atom is -0.506 e. The number of aromatic nitrogens is 1. The summed E-state index contributed by atoms with van der Waals surface area (Å²) in [6, 6.07) is 3.20. The second kappa shape index (κ2) is 5.18. The number of pyridine rings is 1. The van der Waals surface area contributed by atoms with Gasteiger partial charge >= 0.3 is 0 Å². The zero-order valence-corrected chi connectivity index (χ0v) is 7.20. The highest BCUT2D eigenvalue weighted by molar-refractivity contribution is 5.30. The fourth-order valence-electron chi connectivity index (χ4n) is 0.781. The van der Waals surface area contributed by atoms with Crippen molar-refractivity contribution in [2.24, 2.45) is 0 Å². The second-order valence-electron chi connectivity index (χ2n) is 2.53. The molecule has 1 rings (SSSR count). The van der Waals surface area contributed by atoms with Gasteiger partial charge in [-0.1, -0.05) is 5.92 Å². The molecule has 3 nitrogen and oxygen atoms in total. The summed E-state index contributed by atoms with van der Waals surface area (Å²) in [5, 5.41) is 17.4. The number of nitrogens with zero attached hydrogens (tertiary/aromatic N) is 1. The molecule has 0 amide bonds. The van der Waals surface area contributed by atoms with Gasteiger partial charge in [0.25, 0.3) is 0 Å². The summed E-state index contributed by atoms with van der Waals surface area (Å²) in [5.74, 6) is 5.83. The molecule has 0 saturated heterocycles. The van der Waals surface area contributed by atoms with Crippen LogP contribution in [0.15, 0.2) is 18.3 Å². The third-order valence-corrected chi connectivity index (χ3v) is 1.42. The van der Waals surface area contributed by atoms with Gasteiger partial charge in [0.1, 0.15) is 11.4 Å². The van der Waals surface area contributed by atoms with Crippen molar-refractivity contribution in [2.45, 2.75) is 12.8 Å². The van der Waals surface area contributed by atoms with Gasteiger partial charge in [-0.2, -0.15) is 0 Å². The van der Waals surface area contributed by atoms with E-state index in [1.165, 1.54) is 6.20 Å². The van der Waals surface area contributed by atoms with Crippen molar-refractivity contribution in [3.05, 3.63) is 24.0 Å². The highest BCUT2D eigenvalue weighted by atomic mass is 16.3. The molecular formula is C10H11NO2. The topological polar surface area (TPSA) is 53.4 Å². The van der Waals surface area contributed by atoms with Crippen LogP contribution in [0.4, 0.5) is 0 Å². The van der Waals surface area contributed by atoms with E-state index in [2.05, 4.69) is 16.8 Å². The lowest BCUT2D eigenvalue weighted by atomic mass is 10.3. The Morgan fingerprint density at radius 1 is 1.38 bits per heavy atom. The molecule has 0 spiro atoms. The van der Waals surface area contributed by atoms with E-state index >= 15 is 0 Å². The maximum atomic E-state index is 8.92. The molecule has 2 N–H and O–H groups in total. The standard InChI is InChI=1S/C10H11NO2/c12-7-3-1-2-4-9-5-6-10(13)8-11-9/h5-6,8,12-13H,1,3,7H2. The molecule has 0 atom stereocenters. The summed E-state index contributed by atoms with van der Waals surface area (Å²) in [7, 11) is 0. The van der Waals surface area contributed by atoms with Gasteiger partial charge in [-0.15, -0.1) is 0 Å². The Balaban J connectivity index is 2.52. The summed E-state index contributed by atoms with van der Waals surface area (Å²) < 4.78 is 0. The van der Waals surface area contributed by atoms with E-state index in [9.17, 15) is 0 Å². The van der Waals surface area contributed by atoms with Crippen LogP contribution in [0.25, 0.3) is 0 Å². The first-order valence-corrected chi connectivity index (χ1v) is 4.07. The van der Waals surface area contributed by atoms with Gasteiger partial charge in [0.05, 0.1) is 6.20 Å². The number of hydrogen-bond acceptors (Lipinski definition) is 3. The highest BCUT2D eigenvalue weighted by Gasteiger charge is 1.88. The van der Waals surface area contributed by atoms with Crippen molar-refractivity contribution in [2.75, 3.05) is 6.61 Å². The van der Waals surface area contributed by atoms with Gasteiger partial charge in [-0.3, -0.25) is 0 Å². The molecule has 0 saturated carbocycles. The Hall–Kier alpha value is -1.53. The van der Waals surface area contributed by atoms with Gasteiger partial charge in [-0.25, -0.2) is 4.98 Å². The van der Waals surface area contributed by atoms with E-state index < -0.39 is 0 Å². The van der Waals surface area contributed by atoms with Crippen LogP contribution in [0.1, 0.15) is 18.5 Å². The molecule has 0 aliphatic heterocycles. The molecule has 0 aliphatic carbocycles. The molecule has 0 unspecified atom stereocenters. The van der Waals surface area contributed by atoms with E-state index in [1.54, 1.807) is 12.1 Å². The van der Waals surface area contributed by atoms with E-state index in [1.807, 2.05) is 0 Å². The van der Waals surface area contributed by atoms with Crippen LogP contribution in [0.5, 0.6) is 5.75 Å². The van der Waals surface area contributed by atoms with Gasteiger partial charge < -0.3 is 10.2 Å². The van der Waals surface area contributed by atoms with Crippen molar-refractivity contribution in [1.82, 2.24) is 4.98 Å². The third kappa shape index (κ3) is 3.59. The van der Waals surface area contributed by atoms with Crippen molar-refractivity contribution < 1.29 is 10.2 Å². The van der Waals surface area contributed by atoms with E-state index in [-0.39, 0.29) is 12.4 Å². The Bertz CT molecular complexity index is 308. The van der Waals surface area contributed by atoms with Gasteiger partial charge in [0, 0.05) is 13.0 Å². The summed E-state index contributed by atoms with van der Waals surface area (Å²) in [5.41, 5.74) is 0.635. The Kier molecular flexibility index (Phi) is 3.80. The Labute approximate surface area is 77.1 Å². The van der Waals surface area contributed by atoms with Gasteiger partial charge in [-0.05, 0) is 24.5 Å². The molecule has 1 aromatic heterocycles. The van der Waals surface area contributed by atoms with Crippen LogP contribution in [-0.4, -0.2) is 21.8 Å². The zero-order chi connectivity index (χ0) is 9.52. The van der Waals surface area contributed by atoms with Gasteiger partial charge in [0.15, 0.2) is 0 Å². The molecule has 0 bridgehead atoms. The van der Waals surface area contributed by atoms with Crippen LogP contribution in [-0.2, 0) is 0 Å². The Morgan fingerprint density at radius 2 is 2.23 bits per heavy atom. The number of aliphatic hydroxyl groups excluding tert-OH is 1. The fraction of sp³-hybridized carbons (Fsp3) is 0.300. The monoisotopic (exact) mass is 177 g/mol. The number of rotatable bonds is 2. The van der Waals surface area contributed by atoms with Crippen molar-refractivity contribution >= 4 is 0 Å². The molecule has 1 aromatic rings. The quantitative estimate of drug-likeness (QED) is 0.521. The van der Waals surface area contributed by atoms with Crippen LogP contribution in [0, 0.1) is 11.8 Å². The fourth-order valence-corrected chi connectivity index (χ4v) is 0.781. The smallest absolute Gasteiger partial charge is 0.133 e. The third-order valence-electron chi connectivity index (χ3n) is 1.42. The first-order chi connectivity index (χ1) is 6.33. The molecule has 3 heteroatoms. The molecule has 0 fully saturated rings. The van der Waals surface area contributed by atoms with Crippen molar-refractivity contribution in [1.29, 1.82) is 0 Å². The predicted molar refractivity (Wildman–Crippen MR) is 49.1 cm³/mol. The first-order valence-electron chi connectivity index (χ1n) is 4.07. The molecule has 68 valence electrons. The van der Waals surface area contributed by atoms with Crippen LogP contribution in [0.2, 0.25) is 0 Å². The van der Waals surface area contributed by atoms with Crippen LogP contribution in [0.3, 0.4) is 0 Å². The maximum Gasteiger partial charge on any atom is 0.133 e. The molecule has 0 radical (unpaired) electrons. The van der Waals surface area contributed by atoms with E-state index in [0.717, 1.165) is 0 Å². The molecule has 1 heterocycles. The largest absolute Gasteiger partial charge is 0.506 e. The summed E-state index contributed by atoms with van der Waals surface area (Å²) in [6.45, 7) is 0.164. The normalized spacial score (nSPS) is 9.00. The second-order valence-corrected chi connectivity index (χ2v) is 2.53. The van der Waals surface area contributed by atoms with Crippen LogP contribution < -0.4 is 0 Å². The van der Waals surface area contributed by atoms with Gasteiger partial charge in [0.2, 0.25) is 0 Å². The Morgan fingerprint density at radius 3 is 2.85 bits per heavy atom. The van der Waals surface area contributed by atoms with Crippen molar-refractivity contribution in [3.63, 3.8) is 0 Å². The lowest BCUT2D eigenvalue weighted by molar-refractivity contribution is 0.290. The predicted octanol–water partition coefficient (Wildman–Crippen LogP) is 0.911. The van der Waals surface area contributed by atoms with E-state index in [0.29, 0.717) is 18.5 Å². The van der Waals surface area contributed by atoms with Crippen LogP contribution >= 0.6 is 0 Å². The summed E-state index contributed by atoms with van der Waals surface area (Å²) >= 11 is 0. The zero-order valence-electron chi connectivity index (χ0n) is 7.20. The summed E-state index contributed by atoms with van der Waals surface area (Å²) in [4.78, 5) is 3.89.